The molecule has 9 rings (SSSR count). The molecule has 3 saturated heterocycles. The molecule has 0 saturated carbocycles. The molecule has 3 aromatic heterocycles. The first-order chi connectivity index (χ1) is 43.7. The van der Waals surface area contributed by atoms with Gasteiger partial charge in [-0.15, -0.1) is 0 Å². The van der Waals surface area contributed by atoms with Gasteiger partial charge in [0.1, 0.15) is 67.6 Å². The van der Waals surface area contributed by atoms with Gasteiger partial charge in [-0.1, -0.05) is 36.4 Å². The molecule has 6 atom stereocenters. The standard InChI is InChI=1S/C75H102N4O15/c1-70(2,3)89-64(80)58(49-28-31-77(40-49)67(83)92-73(10,11)12)34-46-22-19-25-61-55(46)37-52(86-61)43-76(44-53-38-56-47(23-20-26-62(56)87-53)35-59(65(81)90-71(4,5)6)50-29-32-78(41-50)68(84)93-74(13,14)15)45-54-39-57-48(24-21-27-63(57)88-54)36-60(66(82)91-72(7,8)9)51-30-33-79(42-51)69(85)94-75(16,17)18/h19-27,37-39,49-51,58-60H,28-36,40-45H2,1-18H3/t49-,50-,51-,58?,59?,60?/m0/s1. The highest BCUT2D eigenvalue weighted by Gasteiger charge is 2.43. The zero-order valence-corrected chi connectivity index (χ0v) is 58.9. The number of ether oxygens (including phenoxy) is 6. The monoisotopic (exact) mass is 1300 g/mol. The van der Waals surface area contributed by atoms with Gasteiger partial charge in [0.25, 0.3) is 0 Å². The zero-order valence-electron chi connectivity index (χ0n) is 58.9. The zero-order chi connectivity index (χ0) is 68.6. The summed E-state index contributed by atoms with van der Waals surface area (Å²) in [5.74, 6) is -1.31. The number of likely N-dealkylation sites (tertiary alicyclic amines) is 3. The number of hydrogen-bond acceptors (Lipinski definition) is 16. The van der Waals surface area contributed by atoms with E-state index in [4.69, 9.17) is 41.7 Å². The van der Waals surface area contributed by atoms with E-state index in [0.717, 1.165) is 32.8 Å². The van der Waals surface area contributed by atoms with Crippen molar-refractivity contribution in [3.05, 3.63) is 107 Å². The molecular formula is C75H102N4O15. The van der Waals surface area contributed by atoms with Gasteiger partial charge in [0, 0.05) is 55.4 Å². The Morgan fingerprint density at radius 1 is 0.394 bits per heavy atom. The Hall–Kier alpha value is -7.54. The number of hydrogen-bond donors (Lipinski definition) is 0. The SMILES string of the molecule is CC(C)(C)OC(=O)C(Cc1cccc2oc(CN(Cc3cc4c(CC(C(=O)OC(C)(C)C)[C@H]5CCN(C(=O)OC(C)(C)C)C5)cccc4o3)Cc3cc4c(CC(C(=O)OC(C)(C)C)[C@H]5CCN(C(=O)OC(C)(C)C)C5)cccc4o3)cc12)[C@H]1CCN(C(=O)OC(C)(C)C)C1. The molecular weight excluding hydrogens is 1200 g/mol. The summed E-state index contributed by atoms with van der Waals surface area (Å²) in [5.41, 5.74) is 0.410. The second-order valence-corrected chi connectivity index (χ2v) is 32.2. The number of esters is 3. The number of carbonyl (C=O) groups excluding carboxylic acids is 6. The van der Waals surface area contributed by atoms with E-state index in [2.05, 4.69) is 4.90 Å². The van der Waals surface area contributed by atoms with Crippen molar-refractivity contribution in [2.45, 2.75) is 216 Å². The highest BCUT2D eigenvalue weighted by molar-refractivity contribution is 5.86. The van der Waals surface area contributed by atoms with Crippen LogP contribution < -0.4 is 0 Å². The van der Waals surface area contributed by atoms with E-state index in [9.17, 15) is 28.8 Å². The first-order valence-electron chi connectivity index (χ1n) is 33.5. The van der Waals surface area contributed by atoms with Crippen LogP contribution in [-0.2, 0) is 81.7 Å². The van der Waals surface area contributed by atoms with Crippen LogP contribution in [0.3, 0.4) is 0 Å². The third kappa shape index (κ3) is 19.1. The maximum atomic E-state index is 14.3. The molecule has 3 aliphatic rings. The fraction of sp³-hybridized carbons (Fsp3) is 0.600. The Labute approximate surface area is 554 Å². The van der Waals surface area contributed by atoms with Crippen molar-refractivity contribution >= 4 is 69.1 Å². The fourth-order valence-electron chi connectivity index (χ4n) is 13.1. The molecule has 6 heterocycles. The number of benzene rings is 3. The highest BCUT2D eigenvalue weighted by Crippen LogP contribution is 2.39. The fourth-order valence-corrected chi connectivity index (χ4v) is 13.1. The topological polar surface area (TPSA) is 210 Å². The average Bonchev–Trinajstić information content (AvgIpc) is 1.64. The Kier molecular flexibility index (Phi) is 20.8. The number of furan rings is 3. The predicted molar refractivity (Wildman–Crippen MR) is 358 cm³/mol. The summed E-state index contributed by atoms with van der Waals surface area (Å²) >= 11 is 0. The van der Waals surface area contributed by atoms with Gasteiger partial charge in [-0.25, -0.2) is 14.4 Å². The van der Waals surface area contributed by atoms with Gasteiger partial charge in [0.05, 0.1) is 37.4 Å². The molecule has 6 aromatic rings. The summed E-state index contributed by atoms with van der Waals surface area (Å²) < 4.78 is 55.8. The van der Waals surface area contributed by atoms with E-state index in [0.29, 0.717) is 112 Å². The molecule has 512 valence electrons. The van der Waals surface area contributed by atoms with Gasteiger partial charge in [0.2, 0.25) is 0 Å². The van der Waals surface area contributed by atoms with Crippen molar-refractivity contribution in [2.75, 3.05) is 39.3 Å². The van der Waals surface area contributed by atoms with Crippen molar-refractivity contribution in [1.82, 2.24) is 19.6 Å². The van der Waals surface area contributed by atoms with Gasteiger partial charge in [-0.3, -0.25) is 19.3 Å². The van der Waals surface area contributed by atoms with Crippen LogP contribution >= 0.6 is 0 Å². The van der Waals surface area contributed by atoms with Gasteiger partial charge in [-0.05, 0) is 234 Å². The summed E-state index contributed by atoms with van der Waals surface area (Å²) in [6.45, 7) is 36.6. The third-order valence-corrected chi connectivity index (χ3v) is 17.0. The Morgan fingerprint density at radius 3 is 0.872 bits per heavy atom. The Balaban J connectivity index is 1.05. The lowest BCUT2D eigenvalue weighted by Gasteiger charge is -2.28. The van der Waals surface area contributed by atoms with Gasteiger partial charge in [-0.2, -0.15) is 0 Å². The molecule has 0 aliphatic carbocycles. The minimum absolute atomic E-state index is 0.186. The highest BCUT2D eigenvalue weighted by atomic mass is 16.6. The van der Waals surface area contributed by atoms with Crippen molar-refractivity contribution in [3.8, 4) is 0 Å². The molecule has 3 amide bonds. The van der Waals surface area contributed by atoms with E-state index in [1.165, 1.54) is 0 Å². The molecule has 19 nitrogen and oxygen atoms in total. The Morgan fingerprint density at radius 2 is 0.638 bits per heavy atom. The van der Waals surface area contributed by atoms with E-state index in [1.54, 1.807) is 14.7 Å². The number of carbonyl (C=O) groups is 6. The maximum Gasteiger partial charge on any atom is 0.410 e. The lowest BCUT2D eigenvalue weighted by atomic mass is 9.85. The van der Waals surface area contributed by atoms with E-state index < -0.39 is 69.6 Å². The molecule has 3 aliphatic heterocycles. The second kappa shape index (κ2) is 27.7. The molecule has 94 heavy (non-hydrogen) atoms. The smallest absolute Gasteiger partial charge is 0.410 e. The van der Waals surface area contributed by atoms with Crippen LogP contribution in [0.4, 0.5) is 14.4 Å². The quantitative estimate of drug-likeness (QED) is 0.0578. The molecule has 0 radical (unpaired) electrons. The van der Waals surface area contributed by atoms with Crippen LogP contribution in [0.15, 0.2) is 86.0 Å². The summed E-state index contributed by atoms with van der Waals surface area (Å²) in [5, 5.41) is 2.55. The minimum atomic E-state index is -0.740. The number of amides is 3. The summed E-state index contributed by atoms with van der Waals surface area (Å²) in [6, 6.07) is 23.7. The Bertz CT molecular complexity index is 3320. The van der Waals surface area contributed by atoms with Crippen molar-refractivity contribution < 1.29 is 70.4 Å². The average molecular weight is 1300 g/mol. The lowest BCUT2D eigenvalue weighted by Crippen LogP contribution is -2.38. The third-order valence-electron chi connectivity index (χ3n) is 17.0. The molecule has 3 fully saturated rings. The molecule has 3 aromatic carbocycles. The summed E-state index contributed by atoms with van der Waals surface area (Å²) in [6.07, 6.45) is 1.64. The van der Waals surface area contributed by atoms with Gasteiger partial charge in [0.15, 0.2) is 0 Å². The maximum absolute atomic E-state index is 14.3. The number of rotatable bonds is 18. The van der Waals surface area contributed by atoms with Gasteiger partial charge < -0.3 is 56.4 Å². The first kappa shape index (κ1) is 70.8. The summed E-state index contributed by atoms with van der Waals surface area (Å²) in [7, 11) is 0. The van der Waals surface area contributed by atoms with Crippen LogP contribution in [0.25, 0.3) is 32.9 Å². The van der Waals surface area contributed by atoms with Crippen LogP contribution in [0.2, 0.25) is 0 Å². The normalized spacial score (nSPS) is 18.7. The van der Waals surface area contributed by atoms with Crippen LogP contribution in [0.1, 0.15) is 178 Å². The molecule has 0 spiro atoms. The lowest BCUT2D eigenvalue weighted by molar-refractivity contribution is -0.163. The van der Waals surface area contributed by atoms with Gasteiger partial charge >= 0.3 is 36.2 Å². The van der Waals surface area contributed by atoms with Crippen LogP contribution in [-0.4, -0.2) is 129 Å². The first-order valence-corrected chi connectivity index (χ1v) is 33.5. The van der Waals surface area contributed by atoms with Crippen molar-refractivity contribution in [1.29, 1.82) is 0 Å². The van der Waals surface area contributed by atoms with E-state index in [-0.39, 0.29) is 55.3 Å². The molecule has 3 unspecified atom stereocenters. The van der Waals surface area contributed by atoms with Crippen molar-refractivity contribution in [3.63, 3.8) is 0 Å². The molecule has 0 bridgehead atoms. The molecule has 19 heteroatoms. The number of nitrogens with zero attached hydrogens (tertiary/aromatic N) is 4. The molecule has 0 N–H and O–H groups in total. The summed E-state index contributed by atoms with van der Waals surface area (Å²) in [4.78, 5) is 90.1. The van der Waals surface area contributed by atoms with E-state index >= 15 is 0 Å². The van der Waals surface area contributed by atoms with Crippen molar-refractivity contribution in [2.24, 2.45) is 35.5 Å². The van der Waals surface area contributed by atoms with Crippen LogP contribution in [0.5, 0.6) is 0 Å². The largest absolute Gasteiger partial charge is 0.460 e. The second-order valence-electron chi connectivity index (χ2n) is 32.2. The van der Waals surface area contributed by atoms with E-state index in [1.807, 2.05) is 197 Å². The predicted octanol–water partition coefficient (Wildman–Crippen LogP) is 15.4. The minimum Gasteiger partial charge on any atom is -0.460 e. The number of fused-ring (bicyclic) bond motifs is 3. The van der Waals surface area contributed by atoms with Crippen LogP contribution in [0, 0.1) is 35.5 Å².